The third kappa shape index (κ3) is 5.31. The predicted octanol–water partition coefficient (Wildman–Crippen LogP) is 4.79. The maximum Gasteiger partial charge on any atom is 0.234 e. The molecule has 3 aromatic heterocycles. The van der Waals surface area contributed by atoms with Crippen molar-refractivity contribution >= 4 is 23.0 Å². The summed E-state index contributed by atoms with van der Waals surface area (Å²) in [6.07, 6.45) is 9.18. The molecule has 0 saturated carbocycles. The number of hydrogen-bond acceptors (Lipinski definition) is 9. The zero-order valence-corrected chi connectivity index (χ0v) is 22.7. The maximum absolute atomic E-state index is 9.04. The van der Waals surface area contributed by atoms with E-state index in [-0.39, 0.29) is 11.9 Å². The van der Waals surface area contributed by atoms with Crippen molar-refractivity contribution in [3.8, 4) is 6.07 Å². The molecule has 1 atom stereocenters. The third-order valence-corrected chi connectivity index (χ3v) is 7.91. The minimum absolute atomic E-state index is 0.0779. The van der Waals surface area contributed by atoms with Crippen molar-refractivity contribution in [3.05, 3.63) is 95.3 Å². The standard InChI is InChI=1S/C31H33N9/c1-2-23-17-27-22(19-36-23)16-28(26-4-3-12-35-31(26)33)40(27)25-7-5-21(6-8-25)20-39-14-10-24(11-15-39)37-29-9-13-34-30(18-32)38-29/h3-9,12-13,17,19,24,28H,2,10-11,14-16,20H2,1H3,(H2,33,35)(H,34,37,38). The molecule has 2 aliphatic heterocycles. The molecule has 6 rings (SSSR count). The first-order chi connectivity index (χ1) is 19.6. The van der Waals surface area contributed by atoms with E-state index in [1.807, 2.05) is 24.4 Å². The fraction of sp³-hybridized carbons (Fsp3) is 0.323. The van der Waals surface area contributed by atoms with E-state index < -0.39 is 0 Å². The lowest BCUT2D eigenvalue weighted by Crippen LogP contribution is -2.38. The number of piperidine rings is 1. The van der Waals surface area contributed by atoms with Gasteiger partial charge in [-0.25, -0.2) is 15.0 Å². The number of rotatable bonds is 7. The number of pyridine rings is 2. The summed E-state index contributed by atoms with van der Waals surface area (Å²) in [6, 6.07) is 19.4. The van der Waals surface area contributed by atoms with Crippen molar-refractivity contribution in [2.45, 2.75) is 51.2 Å². The number of fused-ring (bicyclic) bond motifs is 1. The van der Waals surface area contributed by atoms with Crippen molar-refractivity contribution in [2.24, 2.45) is 0 Å². The smallest absolute Gasteiger partial charge is 0.234 e. The molecule has 5 heterocycles. The second-order valence-electron chi connectivity index (χ2n) is 10.5. The van der Waals surface area contributed by atoms with E-state index in [0.717, 1.165) is 68.1 Å². The number of hydrogen-bond donors (Lipinski definition) is 2. The fourth-order valence-corrected chi connectivity index (χ4v) is 5.79. The van der Waals surface area contributed by atoms with Crippen LogP contribution in [0.5, 0.6) is 0 Å². The van der Waals surface area contributed by atoms with Gasteiger partial charge in [0.2, 0.25) is 5.82 Å². The maximum atomic E-state index is 9.04. The van der Waals surface area contributed by atoms with E-state index in [1.165, 1.54) is 16.8 Å². The van der Waals surface area contributed by atoms with E-state index >= 15 is 0 Å². The monoisotopic (exact) mass is 531 g/mol. The summed E-state index contributed by atoms with van der Waals surface area (Å²) in [5.41, 5.74) is 13.4. The molecule has 9 nitrogen and oxygen atoms in total. The number of aryl methyl sites for hydroxylation is 1. The molecule has 9 heteroatoms. The van der Waals surface area contributed by atoms with Gasteiger partial charge in [-0.15, -0.1) is 0 Å². The molecular formula is C31H33N9. The quantitative estimate of drug-likeness (QED) is 0.347. The second kappa shape index (κ2) is 11.3. The second-order valence-corrected chi connectivity index (χ2v) is 10.5. The Morgan fingerprint density at radius 2 is 1.88 bits per heavy atom. The largest absolute Gasteiger partial charge is 0.383 e. The van der Waals surface area contributed by atoms with Crippen LogP contribution in [0.15, 0.2) is 67.1 Å². The van der Waals surface area contributed by atoms with E-state index in [0.29, 0.717) is 11.9 Å². The van der Waals surface area contributed by atoms with Crippen molar-refractivity contribution in [1.82, 2.24) is 24.8 Å². The number of benzene rings is 1. The minimum atomic E-state index is 0.0779. The number of aromatic nitrogens is 4. The Hall–Kier alpha value is -4.55. The van der Waals surface area contributed by atoms with Gasteiger partial charge in [-0.05, 0) is 60.7 Å². The van der Waals surface area contributed by atoms with E-state index in [2.05, 4.69) is 78.4 Å². The van der Waals surface area contributed by atoms with Gasteiger partial charge >= 0.3 is 0 Å². The Balaban J connectivity index is 1.15. The zero-order chi connectivity index (χ0) is 27.5. The topological polar surface area (TPSA) is 120 Å². The first-order valence-corrected chi connectivity index (χ1v) is 13.9. The molecule has 202 valence electrons. The van der Waals surface area contributed by atoms with Crippen molar-refractivity contribution in [2.75, 3.05) is 29.0 Å². The van der Waals surface area contributed by atoms with E-state index in [4.69, 9.17) is 11.0 Å². The molecule has 0 amide bonds. The summed E-state index contributed by atoms with van der Waals surface area (Å²) in [5, 5.41) is 12.5. The average molecular weight is 532 g/mol. The van der Waals surface area contributed by atoms with Crippen LogP contribution >= 0.6 is 0 Å². The average Bonchev–Trinajstić information content (AvgIpc) is 3.37. The molecule has 1 unspecified atom stereocenters. The normalized spacial score (nSPS) is 17.4. The molecule has 0 bridgehead atoms. The third-order valence-electron chi connectivity index (χ3n) is 7.91. The Kier molecular flexibility index (Phi) is 7.25. The van der Waals surface area contributed by atoms with Crippen LogP contribution in [0.3, 0.4) is 0 Å². The van der Waals surface area contributed by atoms with Gasteiger partial charge in [0, 0.05) is 73.3 Å². The summed E-state index contributed by atoms with van der Waals surface area (Å²) in [6.45, 7) is 5.06. The minimum Gasteiger partial charge on any atom is -0.383 e. The van der Waals surface area contributed by atoms with Gasteiger partial charge in [0.15, 0.2) is 0 Å². The predicted molar refractivity (Wildman–Crippen MR) is 156 cm³/mol. The summed E-state index contributed by atoms with van der Waals surface area (Å²) in [4.78, 5) is 22.1. The van der Waals surface area contributed by atoms with Crippen molar-refractivity contribution in [1.29, 1.82) is 5.26 Å². The van der Waals surface area contributed by atoms with Crippen LogP contribution in [0.2, 0.25) is 0 Å². The Bertz CT molecular complexity index is 1520. The van der Waals surface area contributed by atoms with Gasteiger partial charge in [0.25, 0.3) is 0 Å². The molecular weight excluding hydrogens is 498 g/mol. The summed E-state index contributed by atoms with van der Waals surface area (Å²) >= 11 is 0. The number of nitrogens with zero attached hydrogens (tertiary/aromatic N) is 7. The number of likely N-dealkylation sites (tertiary alicyclic amines) is 1. The lowest BCUT2D eigenvalue weighted by molar-refractivity contribution is 0.211. The van der Waals surface area contributed by atoms with Crippen LogP contribution in [0, 0.1) is 11.3 Å². The highest BCUT2D eigenvalue weighted by Crippen LogP contribution is 2.46. The molecule has 1 fully saturated rings. The van der Waals surface area contributed by atoms with Crippen LogP contribution in [0.1, 0.15) is 54.0 Å². The first kappa shape index (κ1) is 25.7. The van der Waals surface area contributed by atoms with Gasteiger partial charge in [-0.3, -0.25) is 9.88 Å². The number of nitrogen functional groups attached to an aromatic ring is 1. The highest BCUT2D eigenvalue weighted by atomic mass is 15.2. The van der Waals surface area contributed by atoms with Crippen LogP contribution in [-0.4, -0.2) is 44.0 Å². The number of nitriles is 1. The summed E-state index contributed by atoms with van der Waals surface area (Å²) in [7, 11) is 0. The zero-order valence-electron chi connectivity index (χ0n) is 22.7. The van der Waals surface area contributed by atoms with Crippen LogP contribution in [0.25, 0.3) is 0 Å². The van der Waals surface area contributed by atoms with Gasteiger partial charge in [0.05, 0.1) is 6.04 Å². The number of anilines is 4. The molecule has 1 aromatic carbocycles. The Morgan fingerprint density at radius 1 is 1.05 bits per heavy atom. The fourth-order valence-electron chi connectivity index (χ4n) is 5.79. The van der Waals surface area contributed by atoms with Crippen molar-refractivity contribution < 1.29 is 0 Å². The highest BCUT2D eigenvalue weighted by molar-refractivity contribution is 5.73. The molecule has 40 heavy (non-hydrogen) atoms. The van der Waals surface area contributed by atoms with Gasteiger partial charge in [-0.2, -0.15) is 5.26 Å². The summed E-state index contributed by atoms with van der Waals surface area (Å²) < 4.78 is 0. The first-order valence-electron chi connectivity index (χ1n) is 13.9. The molecule has 0 aliphatic carbocycles. The molecule has 3 N–H and O–H groups in total. The molecule has 0 spiro atoms. The SMILES string of the molecule is CCc1cc2c(cn1)CC(c1cccnc1N)N2c1ccc(CN2CCC(Nc3ccnc(C#N)n3)CC2)cc1. The lowest BCUT2D eigenvalue weighted by atomic mass is 10.0. The van der Waals surface area contributed by atoms with Crippen LogP contribution in [-0.2, 0) is 19.4 Å². The molecule has 1 saturated heterocycles. The highest BCUT2D eigenvalue weighted by Gasteiger charge is 2.33. The van der Waals surface area contributed by atoms with Crippen LogP contribution in [0.4, 0.5) is 23.0 Å². The van der Waals surface area contributed by atoms with Gasteiger partial charge in [-0.1, -0.05) is 25.1 Å². The molecule has 0 radical (unpaired) electrons. The van der Waals surface area contributed by atoms with Gasteiger partial charge in [0.1, 0.15) is 17.7 Å². The van der Waals surface area contributed by atoms with E-state index in [9.17, 15) is 0 Å². The molecule has 2 aliphatic rings. The lowest BCUT2D eigenvalue weighted by Gasteiger charge is -2.33. The van der Waals surface area contributed by atoms with Crippen LogP contribution < -0.4 is 16.0 Å². The Labute approximate surface area is 234 Å². The van der Waals surface area contributed by atoms with Crippen molar-refractivity contribution in [3.63, 3.8) is 0 Å². The number of nitrogens with two attached hydrogens (primary N) is 1. The van der Waals surface area contributed by atoms with Gasteiger partial charge < -0.3 is 16.0 Å². The number of nitrogens with one attached hydrogen (secondary N) is 1. The Morgan fingerprint density at radius 3 is 2.62 bits per heavy atom. The van der Waals surface area contributed by atoms with E-state index in [1.54, 1.807) is 12.4 Å². The molecule has 4 aromatic rings. The summed E-state index contributed by atoms with van der Waals surface area (Å²) in [5.74, 6) is 1.49.